The normalized spacial score (nSPS) is 16.9. The topological polar surface area (TPSA) is 79.0 Å². The molecule has 0 saturated heterocycles. The number of nitrogens with zero attached hydrogens (tertiary/aromatic N) is 3. The quantitative estimate of drug-likeness (QED) is 0.490. The fraction of sp³-hybridized carbons (Fsp3) is 0.407. The van der Waals surface area contributed by atoms with Gasteiger partial charge in [0.15, 0.2) is 5.82 Å². The lowest BCUT2D eigenvalue weighted by molar-refractivity contribution is -0.160. The zero-order chi connectivity index (χ0) is 26.5. The van der Waals surface area contributed by atoms with Gasteiger partial charge in [-0.25, -0.2) is 9.37 Å². The summed E-state index contributed by atoms with van der Waals surface area (Å²) in [5.41, 5.74) is 0.737. The van der Waals surface area contributed by atoms with Gasteiger partial charge in [-0.15, -0.1) is 0 Å². The number of fused-ring (bicyclic) bond motifs is 1. The van der Waals surface area contributed by atoms with Crippen molar-refractivity contribution in [2.24, 2.45) is 0 Å². The van der Waals surface area contributed by atoms with Crippen LogP contribution in [0.4, 0.5) is 13.2 Å². The minimum Gasteiger partial charge on any atom is -0.333 e. The maximum atomic E-state index is 15.1. The van der Waals surface area contributed by atoms with Crippen molar-refractivity contribution < 1.29 is 18.0 Å². The molecule has 194 valence electrons. The number of carbonyl (C=O) groups is 1. The molecule has 2 aliphatic rings. The highest BCUT2D eigenvalue weighted by molar-refractivity contribution is 6.30. The van der Waals surface area contributed by atoms with Crippen molar-refractivity contribution >= 4 is 17.5 Å². The van der Waals surface area contributed by atoms with Crippen LogP contribution >= 0.6 is 11.6 Å². The second kappa shape index (κ2) is 9.28. The van der Waals surface area contributed by atoms with Gasteiger partial charge in [0.1, 0.15) is 5.82 Å². The number of rotatable bonds is 5. The van der Waals surface area contributed by atoms with Gasteiger partial charge in [-0.05, 0) is 54.9 Å². The van der Waals surface area contributed by atoms with Gasteiger partial charge in [0.25, 0.3) is 11.5 Å². The van der Waals surface area contributed by atoms with E-state index < -0.39 is 39.2 Å². The van der Waals surface area contributed by atoms with Gasteiger partial charge >= 0.3 is 5.92 Å². The molecule has 1 aliphatic heterocycles. The Bertz CT molecular complexity index is 1440. The Balaban J connectivity index is 1.46. The van der Waals surface area contributed by atoms with Crippen LogP contribution < -0.4 is 5.56 Å². The summed E-state index contributed by atoms with van der Waals surface area (Å²) in [7, 11) is 0. The molecule has 3 aromatic rings. The lowest BCUT2D eigenvalue weighted by atomic mass is 9.93. The molecule has 1 amide bonds. The maximum absolute atomic E-state index is 15.1. The van der Waals surface area contributed by atoms with Crippen molar-refractivity contribution in [3.8, 4) is 0 Å². The number of alkyl halides is 2. The lowest BCUT2D eigenvalue weighted by Crippen LogP contribution is -2.43. The van der Waals surface area contributed by atoms with E-state index in [1.54, 1.807) is 6.20 Å². The van der Waals surface area contributed by atoms with Gasteiger partial charge in [-0.2, -0.15) is 8.78 Å². The summed E-state index contributed by atoms with van der Waals surface area (Å²) < 4.78 is 44.5. The fourth-order valence-electron chi connectivity index (χ4n) is 4.90. The van der Waals surface area contributed by atoms with Gasteiger partial charge in [-0.1, -0.05) is 37.6 Å². The summed E-state index contributed by atoms with van der Waals surface area (Å²) in [6, 6.07) is 5.22. The van der Waals surface area contributed by atoms with Crippen LogP contribution in [0.15, 0.2) is 41.5 Å². The predicted octanol–water partition coefficient (Wildman–Crippen LogP) is 5.23. The van der Waals surface area contributed by atoms with E-state index in [4.69, 9.17) is 16.6 Å². The Morgan fingerprint density at radius 3 is 2.70 bits per heavy atom. The third kappa shape index (κ3) is 4.43. The Morgan fingerprint density at radius 2 is 2.00 bits per heavy atom. The molecule has 3 heterocycles. The van der Waals surface area contributed by atoms with Gasteiger partial charge in [0, 0.05) is 18.9 Å². The highest BCUT2D eigenvalue weighted by Crippen LogP contribution is 2.52. The average Bonchev–Trinajstić information content (AvgIpc) is 3.69. The molecule has 0 radical (unpaired) electrons. The second-order valence-electron chi connectivity index (χ2n) is 10.1. The lowest BCUT2D eigenvalue weighted by Gasteiger charge is -2.26. The molecule has 1 fully saturated rings. The van der Waals surface area contributed by atoms with E-state index in [9.17, 15) is 14.0 Å². The van der Waals surface area contributed by atoms with E-state index in [1.165, 1.54) is 0 Å². The number of carbonyl (C=O) groups excluding carboxylic acids is 1. The Hall–Kier alpha value is -3.20. The van der Waals surface area contributed by atoms with Crippen molar-refractivity contribution in [2.45, 2.75) is 63.3 Å². The smallest absolute Gasteiger partial charge is 0.333 e. The number of hydrogen-bond donors (Lipinski definition) is 1. The first-order valence-electron chi connectivity index (χ1n) is 12.2. The van der Waals surface area contributed by atoms with Crippen molar-refractivity contribution in [2.75, 3.05) is 6.54 Å². The zero-order valence-corrected chi connectivity index (χ0v) is 21.2. The summed E-state index contributed by atoms with van der Waals surface area (Å²) in [5.74, 6) is -6.24. The summed E-state index contributed by atoms with van der Waals surface area (Å²) in [6.07, 6.45) is 5.92. The molecule has 10 heteroatoms. The van der Waals surface area contributed by atoms with Crippen molar-refractivity contribution in [1.29, 1.82) is 0 Å². The number of benzene rings is 1. The number of pyridine rings is 1. The molecule has 1 saturated carbocycles. The van der Waals surface area contributed by atoms with Crippen LogP contribution in [0.3, 0.4) is 0 Å². The first-order chi connectivity index (χ1) is 17.5. The molecule has 1 N–H and O–H groups in total. The molecule has 1 aliphatic carbocycles. The zero-order valence-electron chi connectivity index (χ0n) is 20.5. The molecule has 2 aromatic heterocycles. The van der Waals surface area contributed by atoms with E-state index in [1.807, 2.05) is 6.20 Å². The van der Waals surface area contributed by atoms with Gasteiger partial charge in [-0.3, -0.25) is 14.6 Å². The summed E-state index contributed by atoms with van der Waals surface area (Å²) >= 11 is 5.66. The van der Waals surface area contributed by atoms with Crippen LogP contribution in [0.2, 0.25) is 5.02 Å². The highest BCUT2D eigenvalue weighted by Gasteiger charge is 2.50. The Morgan fingerprint density at radius 1 is 1.24 bits per heavy atom. The van der Waals surface area contributed by atoms with Crippen LogP contribution in [0.25, 0.3) is 0 Å². The van der Waals surface area contributed by atoms with Crippen LogP contribution in [-0.4, -0.2) is 32.3 Å². The van der Waals surface area contributed by atoms with Gasteiger partial charge < -0.3 is 9.88 Å². The first kappa shape index (κ1) is 25.4. The minimum absolute atomic E-state index is 0.0206. The first-order valence-corrected chi connectivity index (χ1v) is 12.6. The van der Waals surface area contributed by atoms with Crippen molar-refractivity contribution in [3.63, 3.8) is 0 Å². The number of hydrogen-bond acceptors (Lipinski definition) is 4. The van der Waals surface area contributed by atoms with E-state index >= 15 is 8.78 Å². The molecule has 6 nitrogen and oxygen atoms in total. The molecule has 5 rings (SSSR count). The average molecular weight is 531 g/mol. The van der Waals surface area contributed by atoms with Gasteiger partial charge in [0.05, 0.1) is 33.8 Å². The second-order valence-corrected chi connectivity index (χ2v) is 10.5. The molecular formula is C27H26ClF3N4O2. The van der Waals surface area contributed by atoms with Crippen LogP contribution in [0.1, 0.15) is 72.8 Å². The third-order valence-corrected chi connectivity index (χ3v) is 7.61. The SMILES string of the molecule is CC(C)c1cncc(C2(c3nc4c(c(=O)[nH]3)CN(C(=O)C(F)(F)c3cccc(Cl)c3F)CCC4)CC2)c1. The number of aromatic amines is 1. The highest BCUT2D eigenvalue weighted by atomic mass is 35.5. The number of nitrogens with one attached hydrogen (secondary N) is 1. The molecule has 0 atom stereocenters. The van der Waals surface area contributed by atoms with Gasteiger partial charge in [0.2, 0.25) is 0 Å². The molecule has 37 heavy (non-hydrogen) atoms. The fourth-order valence-corrected chi connectivity index (χ4v) is 5.08. The van der Waals surface area contributed by atoms with Crippen molar-refractivity contribution in [1.82, 2.24) is 19.9 Å². The Labute approximate surface area is 216 Å². The summed E-state index contributed by atoms with van der Waals surface area (Å²) in [5, 5.41) is -0.498. The van der Waals surface area contributed by atoms with Crippen LogP contribution in [0.5, 0.6) is 0 Å². The predicted molar refractivity (Wildman–Crippen MR) is 132 cm³/mol. The monoisotopic (exact) mass is 530 g/mol. The van der Waals surface area contributed by atoms with Crippen LogP contribution in [0, 0.1) is 5.82 Å². The standard InChI is InChI=1S/C27H26ClF3N4O2/c1-15(2)16-11-17(13-32-12-16)26(8-9-26)24-33-21-7-4-10-35(14-18(21)23(36)34-24)25(37)27(30,31)19-5-3-6-20(28)22(19)29/h3,5-6,11-13,15H,4,7-10,14H2,1-2H3,(H,33,34,36). The molecule has 1 aromatic carbocycles. The molecule has 0 spiro atoms. The number of aromatic nitrogens is 3. The molecular weight excluding hydrogens is 505 g/mol. The maximum Gasteiger partial charge on any atom is 0.352 e. The molecule has 0 bridgehead atoms. The number of amides is 1. The summed E-state index contributed by atoms with van der Waals surface area (Å²) in [4.78, 5) is 39.0. The van der Waals surface area contributed by atoms with E-state index in [0.29, 0.717) is 30.3 Å². The third-order valence-electron chi connectivity index (χ3n) is 7.32. The van der Waals surface area contributed by atoms with E-state index in [-0.39, 0.29) is 18.7 Å². The Kier molecular flexibility index (Phi) is 6.38. The number of aryl methyl sites for hydroxylation is 1. The van der Waals surface area contributed by atoms with Crippen LogP contribution in [-0.2, 0) is 29.1 Å². The van der Waals surface area contributed by atoms with Crippen molar-refractivity contribution in [3.05, 3.63) is 91.6 Å². The van der Waals surface area contributed by atoms with E-state index in [0.717, 1.165) is 47.1 Å². The van der Waals surface area contributed by atoms with E-state index in [2.05, 4.69) is 29.9 Å². The largest absolute Gasteiger partial charge is 0.352 e. The number of halogens is 4. The minimum atomic E-state index is -4.15. The molecule has 0 unspecified atom stereocenters. The summed E-state index contributed by atoms with van der Waals surface area (Å²) in [6.45, 7) is 3.81. The number of H-pyrrole nitrogens is 1.